The number of hydrogen-bond donors (Lipinski definition) is 0. The highest BCUT2D eigenvalue weighted by molar-refractivity contribution is 7.99. The van der Waals surface area contributed by atoms with E-state index in [0.717, 1.165) is 4.90 Å². The third-order valence-corrected chi connectivity index (χ3v) is 2.91. The van der Waals surface area contributed by atoms with E-state index in [1.807, 2.05) is 13.8 Å². The molecule has 0 N–H and O–H groups in total. The first-order valence-corrected chi connectivity index (χ1v) is 5.76. The van der Waals surface area contributed by atoms with Crippen LogP contribution in [0.25, 0.3) is 0 Å². The summed E-state index contributed by atoms with van der Waals surface area (Å²) in [5.41, 5.74) is 0.0521. The van der Waals surface area contributed by atoms with Crippen molar-refractivity contribution < 1.29 is 9.72 Å². The fourth-order valence-electron chi connectivity index (χ4n) is 1.30. The van der Waals surface area contributed by atoms with Crippen molar-refractivity contribution in [2.75, 3.05) is 0 Å². The second-order valence-electron chi connectivity index (χ2n) is 3.66. The van der Waals surface area contributed by atoms with Crippen LogP contribution in [0.4, 0.5) is 5.69 Å². The van der Waals surface area contributed by atoms with Gasteiger partial charge in [-0.2, -0.15) is 0 Å². The van der Waals surface area contributed by atoms with Crippen LogP contribution in [0.3, 0.4) is 0 Å². The van der Waals surface area contributed by atoms with Gasteiger partial charge in [0.2, 0.25) is 0 Å². The highest BCUT2D eigenvalue weighted by atomic mass is 32.2. The van der Waals surface area contributed by atoms with Crippen molar-refractivity contribution in [3.8, 4) is 0 Å². The van der Waals surface area contributed by atoms with E-state index < -0.39 is 4.92 Å². The molecule has 1 aromatic carbocycles. The lowest BCUT2D eigenvalue weighted by Crippen LogP contribution is -2.00. The molecule has 4 nitrogen and oxygen atoms in total. The van der Waals surface area contributed by atoms with Crippen LogP contribution in [0.15, 0.2) is 23.1 Å². The second-order valence-corrected chi connectivity index (χ2v) is 5.31. The van der Waals surface area contributed by atoms with E-state index in [9.17, 15) is 14.9 Å². The Morgan fingerprint density at radius 2 is 2.06 bits per heavy atom. The molecular weight excluding hydrogens is 226 g/mol. The normalized spacial score (nSPS) is 10.5. The molecule has 1 rings (SSSR count). The highest BCUT2D eigenvalue weighted by Crippen LogP contribution is 2.28. The summed E-state index contributed by atoms with van der Waals surface area (Å²) in [5.74, 6) is -0.280. The molecule has 0 aliphatic rings. The first-order chi connectivity index (χ1) is 7.41. The number of ketones is 1. The zero-order valence-electron chi connectivity index (χ0n) is 9.39. The Hall–Kier alpha value is -1.36. The summed E-state index contributed by atoms with van der Waals surface area (Å²) in [4.78, 5) is 22.4. The predicted molar refractivity (Wildman–Crippen MR) is 64.1 cm³/mol. The van der Waals surface area contributed by atoms with Crippen LogP contribution in [0.1, 0.15) is 31.1 Å². The Balaban J connectivity index is 3.17. The van der Waals surface area contributed by atoms with Gasteiger partial charge in [-0.25, -0.2) is 0 Å². The van der Waals surface area contributed by atoms with Crippen molar-refractivity contribution in [1.29, 1.82) is 0 Å². The molecule has 86 valence electrons. The van der Waals surface area contributed by atoms with Gasteiger partial charge in [-0.15, -0.1) is 11.8 Å². The van der Waals surface area contributed by atoms with Crippen LogP contribution in [0.2, 0.25) is 0 Å². The highest BCUT2D eigenvalue weighted by Gasteiger charge is 2.17. The van der Waals surface area contributed by atoms with Crippen LogP contribution in [0, 0.1) is 10.1 Å². The van der Waals surface area contributed by atoms with E-state index in [1.54, 1.807) is 23.9 Å². The summed E-state index contributed by atoms with van der Waals surface area (Å²) < 4.78 is 0. The third-order valence-electron chi connectivity index (χ3n) is 1.92. The topological polar surface area (TPSA) is 60.2 Å². The number of nitro groups is 1. The molecule has 0 atom stereocenters. The van der Waals surface area contributed by atoms with E-state index in [0.29, 0.717) is 5.25 Å². The van der Waals surface area contributed by atoms with Gasteiger partial charge in [-0.3, -0.25) is 14.9 Å². The zero-order chi connectivity index (χ0) is 12.3. The molecule has 16 heavy (non-hydrogen) atoms. The maximum absolute atomic E-state index is 11.3. The summed E-state index contributed by atoms with van der Waals surface area (Å²) in [6.07, 6.45) is 0. The van der Waals surface area contributed by atoms with Crippen LogP contribution in [-0.2, 0) is 0 Å². The van der Waals surface area contributed by atoms with Gasteiger partial charge in [0.25, 0.3) is 5.69 Å². The average Bonchev–Trinajstić information content (AvgIpc) is 2.16. The van der Waals surface area contributed by atoms with Gasteiger partial charge in [0.05, 0.1) is 10.5 Å². The molecule has 5 heteroatoms. The number of benzene rings is 1. The maximum atomic E-state index is 11.3. The summed E-state index contributed by atoms with van der Waals surface area (Å²) in [7, 11) is 0. The first kappa shape index (κ1) is 12.7. The molecule has 0 saturated carbocycles. The molecule has 1 aromatic rings. The Morgan fingerprint density at radius 3 is 2.50 bits per heavy atom. The monoisotopic (exact) mass is 239 g/mol. The largest absolute Gasteiger partial charge is 0.294 e. The number of carbonyl (C=O) groups is 1. The molecule has 0 fully saturated rings. The molecule has 0 aromatic heterocycles. The number of rotatable bonds is 4. The van der Waals surface area contributed by atoms with Crippen molar-refractivity contribution >= 4 is 23.2 Å². The standard InChI is InChI=1S/C11H13NO3S/c1-7(2)16-9-4-5-11(12(14)15)10(6-9)8(3)13/h4-7H,1-3H3. The minimum absolute atomic E-state index is 0.124. The van der Waals surface area contributed by atoms with Crippen molar-refractivity contribution in [2.24, 2.45) is 0 Å². The molecular formula is C11H13NO3S. The number of hydrogen-bond acceptors (Lipinski definition) is 4. The van der Waals surface area contributed by atoms with Gasteiger partial charge in [0.1, 0.15) is 0 Å². The van der Waals surface area contributed by atoms with Gasteiger partial charge in [0.15, 0.2) is 5.78 Å². The number of nitro benzene ring substituents is 1. The molecule has 0 heterocycles. The van der Waals surface area contributed by atoms with Crippen LogP contribution < -0.4 is 0 Å². The van der Waals surface area contributed by atoms with Crippen molar-refractivity contribution in [3.05, 3.63) is 33.9 Å². The summed E-state index contributed by atoms with van der Waals surface area (Å²) >= 11 is 1.58. The van der Waals surface area contributed by atoms with Gasteiger partial charge in [-0.1, -0.05) is 13.8 Å². The van der Waals surface area contributed by atoms with Crippen molar-refractivity contribution in [3.63, 3.8) is 0 Å². The van der Waals surface area contributed by atoms with Crippen LogP contribution >= 0.6 is 11.8 Å². The maximum Gasteiger partial charge on any atom is 0.280 e. The Bertz CT molecular complexity index is 429. The molecule has 0 radical (unpaired) electrons. The number of thioether (sulfide) groups is 1. The molecule has 0 unspecified atom stereocenters. The summed E-state index contributed by atoms with van der Waals surface area (Å²) in [6, 6.07) is 4.65. The van der Waals surface area contributed by atoms with Crippen molar-refractivity contribution in [1.82, 2.24) is 0 Å². The molecule has 0 aliphatic carbocycles. The Morgan fingerprint density at radius 1 is 1.44 bits per heavy atom. The smallest absolute Gasteiger partial charge is 0.280 e. The van der Waals surface area contributed by atoms with E-state index in [1.165, 1.54) is 13.0 Å². The van der Waals surface area contributed by atoms with Gasteiger partial charge >= 0.3 is 0 Å². The van der Waals surface area contributed by atoms with E-state index in [4.69, 9.17) is 0 Å². The Kier molecular flexibility index (Phi) is 4.06. The predicted octanol–water partition coefficient (Wildman–Crippen LogP) is 3.30. The van der Waals surface area contributed by atoms with Crippen LogP contribution in [0.5, 0.6) is 0 Å². The van der Waals surface area contributed by atoms with Crippen molar-refractivity contribution in [2.45, 2.75) is 30.9 Å². The van der Waals surface area contributed by atoms with Gasteiger partial charge < -0.3 is 0 Å². The average molecular weight is 239 g/mol. The lowest BCUT2D eigenvalue weighted by atomic mass is 10.1. The van der Waals surface area contributed by atoms with Crippen LogP contribution in [-0.4, -0.2) is 16.0 Å². The summed E-state index contributed by atoms with van der Waals surface area (Å²) in [6.45, 7) is 5.39. The summed E-state index contributed by atoms with van der Waals surface area (Å²) in [5, 5.41) is 11.1. The van der Waals surface area contributed by atoms with E-state index >= 15 is 0 Å². The molecule has 0 amide bonds. The quantitative estimate of drug-likeness (QED) is 0.350. The number of nitrogens with zero attached hydrogens (tertiary/aromatic N) is 1. The lowest BCUT2D eigenvalue weighted by molar-refractivity contribution is -0.385. The SMILES string of the molecule is CC(=O)c1cc(SC(C)C)ccc1[N+](=O)[O-]. The van der Waals surface area contributed by atoms with Gasteiger partial charge in [-0.05, 0) is 19.1 Å². The minimum atomic E-state index is -0.527. The molecule has 0 aliphatic heterocycles. The van der Waals surface area contributed by atoms with E-state index in [2.05, 4.69) is 0 Å². The number of carbonyl (C=O) groups excluding carboxylic acids is 1. The van der Waals surface area contributed by atoms with Gasteiger partial charge in [0, 0.05) is 16.2 Å². The fourth-order valence-corrected chi connectivity index (χ4v) is 2.18. The third kappa shape index (κ3) is 3.06. The van der Waals surface area contributed by atoms with E-state index in [-0.39, 0.29) is 17.0 Å². The number of Topliss-reactive ketones (excluding diaryl/α,β-unsaturated/α-hetero) is 1. The second kappa shape index (κ2) is 5.12. The Labute approximate surface area is 98.2 Å². The zero-order valence-corrected chi connectivity index (χ0v) is 10.2. The minimum Gasteiger partial charge on any atom is -0.294 e. The molecule has 0 saturated heterocycles. The lowest BCUT2D eigenvalue weighted by Gasteiger charge is -2.06. The molecule has 0 bridgehead atoms. The fraction of sp³-hybridized carbons (Fsp3) is 0.364. The first-order valence-electron chi connectivity index (χ1n) is 4.88. The molecule has 0 spiro atoms.